The highest BCUT2D eigenvalue weighted by atomic mass is 127. The molecule has 0 unspecified atom stereocenters. The van der Waals surface area contributed by atoms with E-state index in [1.807, 2.05) is 0 Å². The van der Waals surface area contributed by atoms with Gasteiger partial charge in [-0.25, -0.2) is 4.99 Å². The molecule has 3 N–H and O–H groups in total. The topological polar surface area (TPSA) is 85.0 Å². The third-order valence-electron chi connectivity index (χ3n) is 5.65. The number of likely N-dealkylation sites (N-methyl/N-ethyl adjacent to an activating group) is 1. The quantitative estimate of drug-likeness (QED) is 0.250. The molecule has 0 aliphatic carbocycles. The normalized spacial score (nSPS) is 14.8. The Morgan fingerprint density at radius 2 is 1.94 bits per heavy atom. The van der Waals surface area contributed by atoms with E-state index >= 15 is 0 Å². The Hall–Kier alpha value is -1.85. The number of carbonyl (C=O) groups excluding carboxylic acids is 1. The van der Waals surface area contributed by atoms with Crippen LogP contribution in [0.4, 0.5) is 0 Å². The molecule has 3 rings (SSSR count). The number of hydrogen-bond donors (Lipinski definition) is 3. The van der Waals surface area contributed by atoms with Gasteiger partial charge in [-0.05, 0) is 24.0 Å². The molecule has 0 saturated carbocycles. The van der Waals surface area contributed by atoms with Gasteiger partial charge in [-0.2, -0.15) is 0 Å². The van der Waals surface area contributed by atoms with E-state index in [9.17, 15) is 4.79 Å². The van der Waals surface area contributed by atoms with Crippen LogP contribution < -0.4 is 10.6 Å². The summed E-state index contributed by atoms with van der Waals surface area (Å²) in [5.74, 6) is 0.663. The second kappa shape index (κ2) is 13.6. The lowest BCUT2D eigenvalue weighted by Gasteiger charge is -2.26. The van der Waals surface area contributed by atoms with Crippen molar-refractivity contribution in [1.29, 1.82) is 0 Å². The lowest BCUT2D eigenvalue weighted by atomic mass is 10.1. The van der Waals surface area contributed by atoms with Gasteiger partial charge in [0.15, 0.2) is 5.96 Å². The summed E-state index contributed by atoms with van der Waals surface area (Å²) >= 11 is 0. The van der Waals surface area contributed by atoms with Crippen molar-refractivity contribution in [2.24, 2.45) is 4.99 Å². The SMILES string of the molecule is CCc1cccc2c(CCNC(=NCC(=O)N(C)C)NCCN3CCOCC3)c[nH]c12.I. The number of guanidine groups is 1. The van der Waals surface area contributed by atoms with E-state index in [2.05, 4.69) is 56.8 Å². The number of H-pyrrole nitrogens is 1. The molecular weight excluding hydrogens is 519 g/mol. The van der Waals surface area contributed by atoms with Gasteiger partial charge in [-0.1, -0.05) is 25.1 Å². The van der Waals surface area contributed by atoms with Gasteiger partial charge in [-0.15, -0.1) is 24.0 Å². The van der Waals surface area contributed by atoms with Gasteiger partial charge >= 0.3 is 0 Å². The van der Waals surface area contributed by atoms with Crippen molar-refractivity contribution < 1.29 is 9.53 Å². The van der Waals surface area contributed by atoms with E-state index in [1.165, 1.54) is 22.0 Å². The zero-order chi connectivity index (χ0) is 22.1. The van der Waals surface area contributed by atoms with Gasteiger partial charge in [-0.3, -0.25) is 9.69 Å². The number of nitrogens with one attached hydrogen (secondary N) is 3. The molecule has 178 valence electrons. The van der Waals surface area contributed by atoms with Crippen molar-refractivity contribution in [2.45, 2.75) is 19.8 Å². The summed E-state index contributed by atoms with van der Waals surface area (Å²) in [4.78, 5) is 23.8. The Kier molecular flexibility index (Phi) is 11.3. The number of aromatic amines is 1. The second-order valence-corrected chi connectivity index (χ2v) is 8.02. The molecule has 9 heteroatoms. The summed E-state index contributed by atoms with van der Waals surface area (Å²) in [5.41, 5.74) is 3.86. The minimum absolute atomic E-state index is 0. The molecule has 0 atom stereocenters. The summed E-state index contributed by atoms with van der Waals surface area (Å²) in [6.07, 6.45) is 3.99. The number of hydrogen-bond acceptors (Lipinski definition) is 4. The van der Waals surface area contributed by atoms with Crippen LogP contribution in [-0.2, 0) is 22.4 Å². The second-order valence-electron chi connectivity index (χ2n) is 8.02. The molecule has 8 nitrogen and oxygen atoms in total. The first-order valence-electron chi connectivity index (χ1n) is 11.2. The largest absolute Gasteiger partial charge is 0.379 e. The predicted octanol–water partition coefficient (Wildman–Crippen LogP) is 1.85. The molecule has 1 aliphatic heterocycles. The summed E-state index contributed by atoms with van der Waals surface area (Å²) in [6.45, 7) is 8.25. The number of halogens is 1. The number of nitrogens with zero attached hydrogens (tertiary/aromatic N) is 3. The van der Waals surface area contributed by atoms with Crippen LogP contribution in [-0.4, -0.2) is 93.2 Å². The molecule has 0 radical (unpaired) electrons. The van der Waals surface area contributed by atoms with E-state index < -0.39 is 0 Å². The fraction of sp³-hybridized carbons (Fsp3) is 0.565. The molecule has 1 aliphatic rings. The van der Waals surface area contributed by atoms with E-state index in [0.29, 0.717) is 5.96 Å². The maximum atomic E-state index is 12.0. The number of aryl methyl sites for hydroxylation is 1. The Morgan fingerprint density at radius 1 is 1.19 bits per heavy atom. The monoisotopic (exact) mass is 556 g/mol. The number of amides is 1. The van der Waals surface area contributed by atoms with Crippen molar-refractivity contribution in [1.82, 2.24) is 25.4 Å². The molecule has 1 aromatic carbocycles. The molecule has 1 aromatic heterocycles. The molecule has 0 bridgehead atoms. The average Bonchev–Trinajstić information content (AvgIpc) is 3.20. The van der Waals surface area contributed by atoms with E-state index in [4.69, 9.17) is 4.74 Å². The number of para-hydroxylation sites is 1. The predicted molar refractivity (Wildman–Crippen MR) is 141 cm³/mol. The van der Waals surface area contributed by atoms with Gasteiger partial charge in [0.05, 0.1) is 13.2 Å². The lowest BCUT2D eigenvalue weighted by molar-refractivity contribution is -0.127. The van der Waals surface area contributed by atoms with Gasteiger partial charge < -0.3 is 25.3 Å². The molecule has 0 spiro atoms. The van der Waals surface area contributed by atoms with Crippen LogP contribution >= 0.6 is 24.0 Å². The number of rotatable bonds is 9. The third kappa shape index (κ3) is 7.63. The standard InChI is InChI=1S/C23H36N6O2.HI/c1-4-18-6-5-7-20-19(16-26-22(18)20)8-9-24-23(27-17-21(30)28(2)3)25-10-11-29-12-14-31-15-13-29;/h5-7,16,26H,4,8-15,17H2,1-3H3,(H2,24,25,27);1H. The highest BCUT2D eigenvalue weighted by Crippen LogP contribution is 2.22. The van der Waals surface area contributed by atoms with E-state index in [1.54, 1.807) is 19.0 Å². The van der Waals surface area contributed by atoms with Crippen LogP contribution in [0.25, 0.3) is 10.9 Å². The van der Waals surface area contributed by atoms with Crippen LogP contribution in [0.15, 0.2) is 29.4 Å². The summed E-state index contributed by atoms with van der Waals surface area (Å²) in [7, 11) is 3.50. The van der Waals surface area contributed by atoms with Crippen molar-refractivity contribution in [3.05, 3.63) is 35.5 Å². The zero-order valence-electron chi connectivity index (χ0n) is 19.4. The average molecular weight is 556 g/mol. The van der Waals surface area contributed by atoms with Crippen LogP contribution in [0, 0.1) is 0 Å². The van der Waals surface area contributed by atoms with Crippen LogP contribution in [0.3, 0.4) is 0 Å². The highest BCUT2D eigenvalue weighted by molar-refractivity contribution is 14.0. The highest BCUT2D eigenvalue weighted by Gasteiger charge is 2.11. The van der Waals surface area contributed by atoms with Crippen LogP contribution in [0.5, 0.6) is 0 Å². The maximum absolute atomic E-state index is 12.0. The number of fused-ring (bicyclic) bond motifs is 1. The summed E-state index contributed by atoms with van der Waals surface area (Å²) in [6, 6.07) is 6.47. The molecular formula is C23H37IN6O2. The number of benzene rings is 1. The Balaban J connectivity index is 0.00000363. The minimum atomic E-state index is -0.0157. The smallest absolute Gasteiger partial charge is 0.243 e. The lowest BCUT2D eigenvalue weighted by Crippen LogP contribution is -2.45. The van der Waals surface area contributed by atoms with Gasteiger partial charge in [0.2, 0.25) is 5.91 Å². The Labute approximate surface area is 208 Å². The van der Waals surface area contributed by atoms with Gasteiger partial charge in [0.1, 0.15) is 6.54 Å². The number of aromatic nitrogens is 1. The number of morpholine rings is 1. The number of aliphatic imine (C=N–C) groups is 1. The molecule has 2 aromatic rings. The maximum Gasteiger partial charge on any atom is 0.243 e. The fourth-order valence-corrected chi connectivity index (χ4v) is 3.71. The summed E-state index contributed by atoms with van der Waals surface area (Å²) in [5, 5.41) is 8.05. The van der Waals surface area contributed by atoms with Crippen molar-refractivity contribution >= 4 is 46.7 Å². The van der Waals surface area contributed by atoms with E-state index in [0.717, 1.165) is 58.8 Å². The molecule has 1 amide bonds. The van der Waals surface area contributed by atoms with Crippen molar-refractivity contribution in [3.8, 4) is 0 Å². The Bertz CT molecular complexity index is 876. The number of carbonyl (C=O) groups is 1. The third-order valence-corrected chi connectivity index (χ3v) is 5.65. The van der Waals surface area contributed by atoms with Gasteiger partial charge in [0.25, 0.3) is 0 Å². The van der Waals surface area contributed by atoms with Crippen LogP contribution in [0.1, 0.15) is 18.1 Å². The molecule has 2 heterocycles. The first-order chi connectivity index (χ1) is 15.1. The number of ether oxygens (including phenoxy) is 1. The first kappa shape index (κ1) is 26.4. The van der Waals surface area contributed by atoms with E-state index in [-0.39, 0.29) is 36.4 Å². The van der Waals surface area contributed by atoms with Crippen LogP contribution in [0.2, 0.25) is 0 Å². The molecule has 1 saturated heterocycles. The molecule has 1 fully saturated rings. The molecule has 32 heavy (non-hydrogen) atoms. The first-order valence-corrected chi connectivity index (χ1v) is 11.2. The fourth-order valence-electron chi connectivity index (χ4n) is 3.71. The minimum Gasteiger partial charge on any atom is -0.379 e. The van der Waals surface area contributed by atoms with Crippen molar-refractivity contribution in [3.63, 3.8) is 0 Å². The summed E-state index contributed by atoms with van der Waals surface area (Å²) < 4.78 is 5.41. The van der Waals surface area contributed by atoms with Gasteiger partial charge in [0, 0.05) is 63.9 Å². The zero-order valence-corrected chi connectivity index (χ0v) is 21.8. The Morgan fingerprint density at radius 3 is 2.66 bits per heavy atom. The van der Waals surface area contributed by atoms with Crippen molar-refractivity contribution in [2.75, 3.05) is 66.6 Å².